The number of anilines is 1. The van der Waals surface area contributed by atoms with Crippen LogP contribution in [0.4, 0.5) is 10.6 Å². The molecule has 7 nitrogen and oxygen atoms in total. The Labute approximate surface area is 138 Å². The van der Waals surface area contributed by atoms with Crippen molar-refractivity contribution in [3.8, 4) is 11.3 Å². The summed E-state index contributed by atoms with van der Waals surface area (Å²) in [5, 5.41) is 2.56. The number of hydrogen-bond acceptors (Lipinski definition) is 5. The second-order valence-corrected chi connectivity index (χ2v) is 4.82. The van der Waals surface area contributed by atoms with Gasteiger partial charge in [-0.05, 0) is 12.1 Å². The van der Waals surface area contributed by atoms with Gasteiger partial charge in [-0.15, -0.1) is 6.58 Å². The molecule has 0 saturated carbocycles. The van der Waals surface area contributed by atoms with Gasteiger partial charge in [0.2, 0.25) is 0 Å². The summed E-state index contributed by atoms with van der Waals surface area (Å²) < 4.78 is 0. The Kier molecular flexibility index (Phi) is 4.73. The zero-order chi connectivity index (χ0) is 16.8. The van der Waals surface area contributed by atoms with Crippen LogP contribution < -0.4 is 10.8 Å². The van der Waals surface area contributed by atoms with Gasteiger partial charge in [0.25, 0.3) is 0 Å². The molecule has 2 amide bonds. The molecule has 2 aromatic heterocycles. The summed E-state index contributed by atoms with van der Waals surface area (Å²) in [4.78, 5) is 29.7. The molecular formula is C17H15N5O2. The number of amides is 2. The van der Waals surface area contributed by atoms with Gasteiger partial charge in [-0.3, -0.25) is 15.1 Å². The lowest BCUT2D eigenvalue weighted by molar-refractivity contribution is 0.0872. The van der Waals surface area contributed by atoms with E-state index < -0.39 is 6.03 Å². The normalized spacial score (nSPS) is 10.3. The van der Waals surface area contributed by atoms with Crippen molar-refractivity contribution >= 4 is 23.0 Å². The number of rotatable bonds is 5. The molecule has 2 N–H and O–H groups in total. The van der Waals surface area contributed by atoms with Gasteiger partial charge in [0.1, 0.15) is 11.3 Å². The Hall–Kier alpha value is -3.32. The highest BCUT2D eigenvalue weighted by Crippen LogP contribution is 2.18. The summed E-state index contributed by atoms with van der Waals surface area (Å²) in [5.74, 6) is 0.349. The number of benzene rings is 1. The van der Waals surface area contributed by atoms with Crippen LogP contribution >= 0.6 is 0 Å². The molecule has 7 heteroatoms. The highest BCUT2D eigenvalue weighted by molar-refractivity contribution is 5.88. The minimum absolute atomic E-state index is 0.213. The Morgan fingerprint density at radius 3 is 2.79 bits per heavy atom. The number of aromatic nitrogens is 3. The van der Waals surface area contributed by atoms with Crippen LogP contribution in [-0.4, -0.2) is 27.6 Å². The van der Waals surface area contributed by atoms with Crippen LogP contribution in [0.15, 0.2) is 61.3 Å². The first-order valence-electron chi connectivity index (χ1n) is 7.25. The number of fused-ring (bicyclic) bond motifs is 1. The highest BCUT2D eigenvalue weighted by Gasteiger charge is 2.07. The van der Waals surface area contributed by atoms with E-state index in [-0.39, 0.29) is 6.61 Å². The zero-order valence-corrected chi connectivity index (χ0v) is 12.8. The molecule has 0 aliphatic heterocycles. The predicted octanol–water partition coefficient (Wildman–Crippen LogP) is 2.93. The fraction of sp³-hybridized carbons (Fsp3) is 0.0588. The van der Waals surface area contributed by atoms with Crippen molar-refractivity contribution in [1.29, 1.82) is 0 Å². The molecule has 24 heavy (non-hydrogen) atoms. The van der Waals surface area contributed by atoms with Crippen molar-refractivity contribution in [1.82, 2.24) is 20.4 Å². The van der Waals surface area contributed by atoms with Gasteiger partial charge in [-0.1, -0.05) is 36.4 Å². The van der Waals surface area contributed by atoms with E-state index in [0.29, 0.717) is 22.7 Å². The van der Waals surface area contributed by atoms with E-state index in [1.807, 2.05) is 30.3 Å². The van der Waals surface area contributed by atoms with Gasteiger partial charge < -0.3 is 0 Å². The molecule has 120 valence electrons. The SMILES string of the molecule is C=CCONC(=O)Nc1ccc2ncc(-c3ccccc3)nc2n1. The minimum atomic E-state index is -0.532. The Bertz CT molecular complexity index is 867. The monoisotopic (exact) mass is 321 g/mol. The number of urea groups is 1. The Morgan fingerprint density at radius 1 is 1.17 bits per heavy atom. The van der Waals surface area contributed by atoms with Crippen molar-refractivity contribution in [3.05, 3.63) is 61.3 Å². The molecule has 0 fully saturated rings. The minimum Gasteiger partial charge on any atom is -0.290 e. The van der Waals surface area contributed by atoms with Crippen molar-refractivity contribution in [2.45, 2.75) is 0 Å². The van der Waals surface area contributed by atoms with E-state index in [9.17, 15) is 4.79 Å². The molecule has 0 bridgehead atoms. The molecule has 3 rings (SSSR count). The zero-order valence-electron chi connectivity index (χ0n) is 12.8. The fourth-order valence-corrected chi connectivity index (χ4v) is 2.02. The van der Waals surface area contributed by atoms with E-state index in [1.54, 1.807) is 18.3 Å². The summed E-state index contributed by atoms with van der Waals surface area (Å²) in [5.41, 5.74) is 4.97. The first-order valence-corrected chi connectivity index (χ1v) is 7.25. The van der Waals surface area contributed by atoms with Crippen molar-refractivity contribution in [2.75, 3.05) is 11.9 Å². The lowest BCUT2D eigenvalue weighted by atomic mass is 10.2. The molecule has 0 aliphatic carbocycles. The number of carbonyl (C=O) groups is 1. The number of hydrogen-bond donors (Lipinski definition) is 2. The number of carbonyl (C=O) groups excluding carboxylic acids is 1. The van der Waals surface area contributed by atoms with E-state index in [2.05, 4.69) is 32.3 Å². The van der Waals surface area contributed by atoms with Crippen molar-refractivity contribution in [2.24, 2.45) is 0 Å². The van der Waals surface area contributed by atoms with Gasteiger partial charge in [-0.2, -0.15) is 0 Å². The van der Waals surface area contributed by atoms with Gasteiger partial charge in [0.15, 0.2) is 5.65 Å². The molecular weight excluding hydrogens is 306 g/mol. The van der Waals surface area contributed by atoms with Gasteiger partial charge in [0, 0.05) is 5.56 Å². The molecule has 0 spiro atoms. The van der Waals surface area contributed by atoms with E-state index >= 15 is 0 Å². The lowest BCUT2D eigenvalue weighted by Gasteiger charge is -2.07. The summed E-state index contributed by atoms with van der Waals surface area (Å²) >= 11 is 0. The molecule has 0 aliphatic rings. The Balaban J connectivity index is 1.81. The van der Waals surface area contributed by atoms with Gasteiger partial charge in [0.05, 0.1) is 18.5 Å². The average molecular weight is 321 g/mol. The van der Waals surface area contributed by atoms with Crippen molar-refractivity contribution < 1.29 is 9.63 Å². The lowest BCUT2D eigenvalue weighted by Crippen LogP contribution is -2.29. The van der Waals surface area contributed by atoms with E-state index in [1.165, 1.54) is 6.08 Å². The second kappa shape index (κ2) is 7.30. The molecule has 0 radical (unpaired) electrons. The Morgan fingerprint density at radius 2 is 2.00 bits per heavy atom. The first-order chi connectivity index (χ1) is 11.8. The summed E-state index contributed by atoms with van der Waals surface area (Å²) in [6.07, 6.45) is 3.22. The molecule has 2 heterocycles. The van der Waals surface area contributed by atoms with Gasteiger partial charge in [-0.25, -0.2) is 20.2 Å². The van der Waals surface area contributed by atoms with Gasteiger partial charge >= 0.3 is 6.03 Å². The largest absolute Gasteiger partial charge is 0.344 e. The van der Waals surface area contributed by atoms with Crippen LogP contribution in [0.2, 0.25) is 0 Å². The molecule has 0 unspecified atom stereocenters. The van der Waals surface area contributed by atoms with E-state index in [0.717, 1.165) is 5.56 Å². The third-order valence-electron chi connectivity index (χ3n) is 3.08. The molecule has 0 atom stereocenters. The number of hydroxylamine groups is 1. The van der Waals surface area contributed by atoms with Crippen LogP contribution in [-0.2, 0) is 4.84 Å². The average Bonchev–Trinajstić information content (AvgIpc) is 2.62. The maximum Gasteiger partial charge on any atom is 0.344 e. The van der Waals surface area contributed by atoms with Crippen LogP contribution in [0.1, 0.15) is 0 Å². The standard InChI is InChI=1S/C17H15N5O2/c1-2-10-24-22-17(23)21-15-9-8-13-16(20-15)19-14(11-18-13)12-6-4-3-5-7-12/h2-9,11H,1,10H2,(H2,19,20,21,22,23). The maximum absolute atomic E-state index is 11.7. The molecule has 3 aromatic rings. The molecule has 1 aromatic carbocycles. The third kappa shape index (κ3) is 3.71. The summed E-state index contributed by atoms with van der Waals surface area (Å²) in [6, 6.07) is 12.5. The number of pyridine rings is 1. The second-order valence-electron chi connectivity index (χ2n) is 4.82. The van der Waals surface area contributed by atoms with Crippen LogP contribution in [0, 0.1) is 0 Å². The van der Waals surface area contributed by atoms with Crippen LogP contribution in [0.25, 0.3) is 22.4 Å². The van der Waals surface area contributed by atoms with Crippen molar-refractivity contribution in [3.63, 3.8) is 0 Å². The summed E-state index contributed by atoms with van der Waals surface area (Å²) in [6.45, 7) is 3.70. The quantitative estimate of drug-likeness (QED) is 0.428. The third-order valence-corrected chi connectivity index (χ3v) is 3.08. The maximum atomic E-state index is 11.7. The highest BCUT2D eigenvalue weighted by atomic mass is 16.7. The first kappa shape index (κ1) is 15.6. The van der Waals surface area contributed by atoms with Crippen LogP contribution in [0.5, 0.6) is 0 Å². The molecule has 0 saturated heterocycles. The predicted molar refractivity (Wildman–Crippen MR) is 91.1 cm³/mol. The smallest absolute Gasteiger partial charge is 0.290 e. The topological polar surface area (TPSA) is 89.0 Å². The number of nitrogens with one attached hydrogen (secondary N) is 2. The van der Waals surface area contributed by atoms with Crippen LogP contribution in [0.3, 0.4) is 0 Å². The number of nitrogens with zero attached hydrogens (tertiary/aromatic N) is 3. The van der Waals surface area contributed by atoms with E-state index in [4.69, 9.17) is 4.84 Å². The summed E-state index contributed by atoms with van der Waals surface area (Å²) in [7, 11) is 0. The fourth-order valence-electron chi connectivity index (χ4n) is 2.02.